The Morgan fingerprint density at radius 1 is 1.50 bits per heavy atom. The predicted octanol–water partition coefficient (Wildman–Crippen LogP) is 1.53. The molecular weight excluding hydrogens is 283 g/mol. The molecule has 0 aliphatic heterocycles. The molecule has 0 radical (unpaired) electrons. The molecule has 1 aromatic rings. The Balaban J connectivity index is 2.59. The van der Waals surface area contributed by atoms with E-state index in [4.69, 9.17) is 15.6 Å². The minimum atomic E-state index is -2.90. The number of nitrogens with one attached hydrogen (secondary N) is 1. The number of aliphatic carboxylic acids is 1. The molecule has 0 aliphatic carbocycles. The fraction of sp³-hybridized carbons (Fsp3) is 0.462. The SMILES string of the molecule is Cc1c(F)cccc1CCS(=N)(=O)CC[C@H](N)C(=O)O. The van der Waals surface area contributed by atoms with Gasteiger partial charge in [-0.2, -0.15) is 0 Å². The zero-order chi connectivity index (χ0) is 15.3. The number of nitrogens with two attached hydrogens (primary N) is 1. The van der Waals surface area contributed by atoms with Gasteiger partial charge in [0.15, 0.2) is 0 Å². The number of hydrogen-bond donors (Lipinski definition) is 3. The lowest BCUT2D eigenvalue weighted by Crippen LogP contribution is -2.32. The fourth-order valence-corrected chi connectivity index (χ4v) is 3.13. The van der Waals surface area contributed by atoms with Crippen LogP contribution in [-0.4, -0.2) is 32.8 Å². The normalized spacial score (nSPS) is 15.6. The van der Waals surface area contributed by atoms with Crippen LogP contribution in [0.4, 0.5) is 4.39 Å². The Morgan fingerprint density at radius 2 is 2.15 bits per heavy atom. The van der Waals surface area contributed by atoms with Crippen molar-refractivity contribution in [1.82, 2.24) is 0 Å². The van der Waals surface area contributed by atoms with Crippen molar-refractivity contribution in [3.05, 3.63) is 35.1 Å². The number of carboxylic acid groups (broad SMARTS) is 1. The molecule has 0 bridgehead atoms. The minimum absolute atomic E-state index is 0.000199. The Bertz CT molecular complexity index is 587. The van der Waals surface area contributed by atoms with E-state index in [1.165, 1.54) is 6.07 Å². The van der Waals surface area contributed by atoms with E-state index in [0.717, 1.165) is 0 Å². The number of carboxylic acids is 1. The molecule has 0 saturated carbocycles. The van der Waals surface area contributed by atoms with Crippen molar-refractivity contribution in [1.29, 1.82) is 4.78 Å². The Kier molecular flexibility index (Phi) is 5.64. The van der Waals surface area contributed by atoms with Crippen molar-refractivity contribution in [2.45, 2.75) is 25.8 Å². The highest BCUT2D eigenvalue weighted by Gasteiger charge is 2.16. The minimum Gasteiger partial charge on any atom is -0.480 e. The maximum absolute atomic E-state index is 13.3. The maximum atomic E-state index is 13.3. The quantitative estimate of drug-likeness (QED) is 0.710. The Morgan fingerprint density at radius 3 is 2.75 bits per heavy atom. The van der Waals surface area contributed by atoms with Crippen LogP contribution in [0.25, 0.3) is 0 Å². The lowest BCUT2D eigenvalue weighted by atomic mass is 10.1. The summed E-state index contributed by atoms with van der Waals surface area (Å²) in [6, 6.07) is 3.56. The molecule has 4 N–H and O–H groups in total. The molecule has 0 aliphatic rings. The van der Waals surface area contributed by atoms with Crippen molar-refractivity contribution in [2.24, 2.45) is 5.73 Å². The van der Waals surface area contributed by atoms with Crippen LogP contribution in [0.5, 0.6) is 0 Å². The maximum Gasteiger partial charge on any atom is 0.320 e. The van der Waals surface area contributed by atoms with Crippen molar-refractivity contribution in [2.75, 3.05) is 11.5 Å². The smallest absolute Gasteiger partial charge is 0.320 e. The summed E-state index contributed by atoms with van der Waals surface area (Å²) in [6.07, 6.45) is 0.327. The van der Waals surface area contributed by atoms with Crippen molar-refractivity contribution >= 4 is 15.7 Å². The summed E-state index contributed by atoms with van der Waals surface area (Å²) in [7, 11) is -2.90. The number of halogens is 1. The summed E-state index contributed by atoms with van der Waals surface area (Å²) in [4.78, 5) is 10.6. The van der Waals surface area contributed by atoms with Crippen LogP contribution in [-0.2, 0) is 20.9 Å². The van der Waals surface area contributed by atoms with Crippen LogP contribution in [0.3, 0.4) is 0 Å². The molecule has 0 aromatic heterocycles. The van der Waals surface area contributed by atoms with Gasteiger partial charge in [-0.15, -0.1) is 0 Å². The van der Waals surface area contributed by atoms with Gasteiger partial charge in [0.2, 0.25) is 0 Å². The summed E-state index contributed by atoms with van der Waals surface area (Å²) >= 11 is 0. The molecule has 1 rings (SSSR count). The first-order valence-electron chi connectivity index (χ1n) is 6.19. The summed E-state index contributed by atoms with van der Waals surface area (Å²) < 4.78 is 33.1. The Hall–Kier alpha value is -1.47. The third kappa shape index (κ3) is 4.90. The molecule has 7 heteroatoms. The average molecular weight is 302 g/mol. The highest BCUT2D eigenvalue weighted by atomic mass is 32.2. The van der Waals surface area contributed by atoms with Crippen LogP contribution in [0, 0.1) is 17.5 Å². The number of benzene rings is 1. The predicted molar refractivity (Wildman–Crippen MR) is 75.7 cm³/mol. The van der Waals surface area contributed by atoms with Gasteiger partial charge >= 0.3 is 5.97 Å². The fourth-order valence-electron chi connectivity index (χ4n) is 1.74. The van der Waals surface area contributed by atoms with Gasteiger partial charge in [0.25, 0.3) is 0 Å². The van der Waals surface area contributed by atoms with Gasteiger partial charge in [-0.25, -0.2) is 8.60 Å². The van der Waals surface area contributed by atoms with Crippen molar-refractivity contribution in [3.8, 4) is 0 Å². The topological polar surface area (TPSA) is 104 Å². The number of rotatable bonds is 7. The second-order valence-corrected chi connectivity index (χ2v) is 7.17. The lowest BCUT2D eigenvalue weighted by molar-refractivity contribution is -0.138. The van der Waals surface area contributed by atoms with E-state index < -0.39 is 21.7 Å². The van der Waals surface area contributed by atoms with Crippen LogP contribution >= 0.6 is 0 Å². The summed E-state index contributed by atoms with van der Waals surface area (Å²) in [5.41, 5.74) is 6.52. The lowest BCUT2D eigenvalue weighted by Gasteiger charge is -2.11. The first kappa shape index (κ1) is 16.6. The van der Waals surface area contributed by atoms with E-state index >= 15 is 0 Å². The van der Waals surface area contributed by atoms with Crippen LogP contribution in [0.2, 0.25) is 0 Å². The molecular formula is C13H19FN2O3S. The molecule has 5 nitrogen and oxygen atoms in total. The second kappa shape index (κ2) is 6.81. The van der Waals surface area contributed by atoms with Crippen molar-refractivity contribution in [3.63, 3.8) is 0 Å². The van der Waals surface area contributed by atoms with Gasteiger partial charge in [-0.05, 0) is 37.0 Å². The van der Waals surface area contributed by atoms with Gasteiger partial charge in [0, 0.05) is 21.2 Å². The largest absolute Gasteiger partial charge is 0.480 e. The van der Waals surface area contributed by atoms with Crippen LogP contribution in [0.15, 0.2) is 18.2 Å². The van der Waals surface area contributed by atoms with Gasteiger partial charge in [-0.1, -0.05) is 12.1 Å². The number of hydrogen-bond acceptors (Lipinski definition) is 4. The molecule has 0 amide bonds. The molecule has 0 spiro atoms. The molecule has 1 unspecified atom stereocenters. The molecule has 112 valence electrons. The zero-order valence-corrected chi connectivity index (χ0v) is 12.1. The monoisotopic (exact) mass is 302 g/mol. The van der Waals surface area contributed by atoms with Gasteiger partial charge in [-0.3, -0.25) is 9.57 Å². The van der Waals surface area contributed by atoms with E-state index in [1.807, 2.05) is 0 Å². The van der Waals surface area contributed by atoms with E-state index in [0.29, 0.717) is 17.5 Å². The van der Waals surface area contributed by atoms with E-state index in [2.05, 4.69) is 0 Å². The highest BCUT2D eigenvalue weighted by molar-refractivity contribution is 7.92. The standard InChI is InChI=1S/C13H19FN2O3S/c1-9-10(3-2-4-11(9)14)5-7-20(16,19)8-6-12(15)13(17)18/h2-4,12,16H,5-8,15H2,1H3,(H,17,18)/t12-,20?/m0/s1. The summed E-state index contributed by atoms with van der Waals surface area (Å²) in [6.45, 7) is 1.64. The van der Waals surface area contributed by atoms with E-state index in [9.17, 15) is 13.4 Å². The first-order valence-corrected chi connectivity index (χ1v) is 8.09. The number of carbonyl (C=O) groups is 1. The van der Waals surface area contributed by atoms with Crippen LogP contribution in [0.1, 0.15) is 17.5 Å². The zero-order valence-electron chi connectivity index (χ0n) is 11.3. The van der Waals surface area contributed by atoms with E-state index in [-0.39, 0.29) is 23.7 Å². The highest BCUT2D eigenvalue weighted by Crippen LogP contribution is 2.14. The summed E-state index contributed by atoms with van der Waals surface area (Å²) in [5.74, 6) is -1.48. The van der Waals surface area contributed by atoms with Gasteiger partial charge in [0.05, 0.1) is 0 Å². The van der Waals surface area contributed by atoms with E-state index in [1.54, 1.807) is 19.1 Å². The first-order chi connectivity index (χ1) is 9.23. The second-order valence-electron chi connectivity index (χ2n) is 4.73. The number of aryl methyl sites for hydroxylation is 1. The third-order valence-corrected chi connectivity index (χ3v) is 4.92. The third-order valence-electron chi connectivity index (χ3n) is 3.16. The molecule has 0 heterocycles. The molecule has 0 fully saturated rings. The van der Waals surface area contributed by atoms with Gasteiger partial charge < -0.3 is 10.8 Å². The summed E-state index contributed by atoms with van der Waals surface area (Å²) in [5, 5.41) is 8.63. The molecule has 0 saturated heterocycles. The Labute approximate surface area is 118 Å². The van der Waals surface area contributed by atoms with Gasteiger partial charge in [0.1, 0.15) is 11.9 Å². The molecule has 1 aromatic carbocycles. The van der Waals surface area contributed by atoms with Crippen LogP contribution < -0.4 is 5.73 Å². The average Bonchev–Trinajstić information content (AvgIpc) is 2.37. The molecule has 20 heavy (non-hydrogen) atoms. The molecule has 2 atom stereocenters. The van der Waals surface area contributed by atoms with Crippen molar-refractivity contribution < 1.29 is 18.5 Å².